The number of carbonyl (C=O) groups excluding carboxylic acids is 1. The van der Waals surface area contributed by atoms with Gasteiger partial charge in [-0.25, -0.2) is 0 Å². The van der Waals surface area contributed by atoms with Crippen molar-refractivity contribution < 1.29 is 9.53 Å². The normalized spacial score (nSPS) is 19.7. The summed E-state index contributed by atoms with van der Waals surface area (Å²) in [6, 6.07) is 8.09. The predicted octanol–water partition coefficient (Wildman–Crippen LogP) is 2.48. The van der Waals surface area contributed by atoms with Crippen molar-refractivity contribution in [2.24, 2.45) is 0 Å². The van der Waals surface area contributed by atoms with E-state index in [0.717, 1.165) is 30.9 Å². The molecular weight excluding hydrogens is 202 g/mol. The van der Waals surface area contributed by atoms with Gasteiger partial charge < -0.3 is 10.1 Å². The first-order chi connectivity index (χ1) is 7.79. The molecule has 0 amide bonds. The van der Waals surface area contributed by atoms with Gasteiger partial charge in [0.1, 0.15) is 0 Å². The van der Waals surface area contributed by atoms with E-state index in [2.05, 4.69) is 5.32 Å². The highest BCUT2D eigenvalue weighted by molar-refractivity contribution is 5.96. The van der Waals surface area contributed by atoms with Crippen LogP contribution in [-0.2, 0) is 4.74 Å². The fourth-order valence-electron chi connectivity index (χ4n) is 1.84. The topological polar surface area (TPSA) is 38.3 Å². The Balaban J connectivity index is 1.98. The van der Waals surface area contributed by atoms with Gasteiger partial charge in [-0.15, -0.1) is 0 Å². The molecule has 0 bridgehead atoms. The molecule has 86 valence electrons. The molecule has 0 aromatic heterocycles. The summed E-state index contributed by atoms with van der Waals surface area (Å²) >= 11 is 0. The van der Waals surface area contributed by atoms with Gasteiger partial charge in [-0.2, -0.15) is 0 Å². The Morgan fingerprint density at radius 3 is 2.75 bits per heavy atom. The van der Waals surface area contributed by atoms with Gasteiger partial charge >= 0.3 is 0 Å². The Hall–Kier alpha value is -1.35. The molecule has 16 heavy (non-hydrogen) atoms. The van der Waals surface area contributed by atoms with Gasteiger partial charge in [0.2, 0.25) is 0 Å². The standard InChI is InChI=1S/C13H17NO2/c1-2-13(15)10-3-5-11(6-4-10)14-12-7-8-16-9-12/h3-6,12,14H,2,7-9H2,1H3. The quantitative estimate of drug-likeness (QED) is 0.791. The van der Waals surface area contributed by atoms with Crippen LogP contribution >= 0.6 is 0 Å². The van der Waals surface area contributed by atoms with E-state index in [-0.39, 0.29) is 5.78 Å². The molecule has 1 atom stereocenters. The molecule has 3 heteroatoms. The number of anilines is 1. The number of hydrogen-bond acceptors (Lipinski definition) is 3. The van der Waals surface area contributed by atoms with E-state index >= 15 is 0 Å². The van der Waals surface area contributed by atoms with Crippen LogP contribution in [0.3, 0.4) is 0 Å². The largest absolute Gasteiger partial charge is 0.380 e. The lowest BCUT2D eigenvalue weighted by Gasteiger charge is -2.12. The van der Waals surface area contributed by atoms with Gasteiger partial charge in [0.05, 0.1) is 12.6 Å². The Morgan fingerprint density at radius 2 is 2.19 bits per heavy atom. The van der Waals surface area contributed by atoms with E-state index in [9.17, 15) is 4.79 Å². The van der Waals surface area contributed by atoms with Crippen molar-refractivity contribution in [3.05, 3.63) is 29.8 Å². The minimum absolute atomic E-state index is 0.191. The van der Waals surface area contributed by atoms with Gasteiger partial charge in [0.25, 0.3) is 0 Å². The third-order valence-corrected chi connectivity index (χ3v) is 2.83. The Bertz CT molecular complexity index is 353. The van der Waals surface area contributed by atoms with Gasteiger partial charge in [0, 0.05) is 24.3 Å². The number of ether oxygens (including phenoxy) is 1. The molecule has 1 fully saturated rings. The Morgan fingerprint density at radius 1 is 1.44 bits per heavy atom. The van der Waals surface area contributed by atoms with Crippen LogP contribution in [0.4, 0.5) is 5.69 Å². The Labute approximate surface area is 95.8 Å². The van der Waals surface area contributed by atoms with Crippen LogP contribution in [0.2, 0.25) is 0 Å². The summed E-state index contributed by atoms with van der Waals surface area (Å²) in [5, 5.41) is 3.39. The minimum Gasteiger partial charge on any atom is -0.380 e. The lowest BCUT2D eigenvalue weighted by molar-refractivity contribution is 0.0988. The van der Waals surface area contributed by atoms with Crippen molar-refractivity contribution in [1.82, 2.24) is 0 Å². The Kier molecular flexibility index (Phi) is 3.57. The van der Waals surface area contributed by atoms with Crippen molar-refractivity contribution >= 4 is 11.5 Å². The molecule has 2 rings (SSSR count). The summed E-state index contributed by atoms with van der Waals surface area (Å²) in [5.74, 6) is 0.191. The maximum Gasteiger partial charge on any atom is 0.162 e. The van der Waals surface area contributed by atoms with Crippen LogP contribution in [0.25, 0.3) is 0 Å². The first-order valence-corrected chi connectivity index (χ1v) is 5.77. The summed E-state index contributed by atoms with van der Waals surface area (Å²) in [6.45, 7) is 3.49. The second-order valence-electron chi connectivity index (χ2n) is 4.06. The van der Waals surface area contributed by atoms with Gasteiger partial charge in [-0.3, -0.25) is 4.79 Å². The summed E-state index contributed by atoms with van der Waals surface area (Å²) in [4.78, 5) is 11.4. The maximum atomic E-state index is 11.4. The molecule has 1 aliphatic heterocycles. The number of ketones is 1. The SMILES string of the molecule is CCC(=O)c1ccc(NC2CCOC2)cc1. The van der Waals surface area contributed by atoms with E-state index in [4.69, 9.17) is 4.74 Å². The fraction of sp³-hybridized carbons (Fsp3) is 0.462. The molecule has 0 aliphatic carbocycles. The van der Waals surface area contributed by atoms with Crippen LogP contribution in [0.5, 0.6) is 0 Å². The van der Waals surface area contributed by atoms with Crippen molar-refractivity contribution in [3.8, 4) is 0 Å². The van der Waals surface area contributed by atoms with Gasteiger partial charge in [0.15, 0.2) is 5.78 Å². The lowest BCUT2D eigenvalue weighted by Crippen LogP contribution is -2.18. The van der Waals surface area contributed by atoms with Crippen LogP contribution in [-0.4, -0.2) is 25.0 Å². The van der Waals surface area contributed by atoms with E-state index in [1.165, 1.54) is 0 Å². The zero-order valence-corrected chi connectivity index (χ0v) is 9.53. The van der Waals surface area contributed by atoms with E-state index < -0.39 is 0 Å². The molecule has 1 aromatic rings. The highest BCUT2D eigenvalue weighted by Gasteiger charge is 2.14. The minimum atomic E-state index is 0.191. The third kappa shape index (κ3) is 2.61. The molecule has 0 radical (unpaired) electrons. The molecule has 0 spiro atoms. The highest BCUT2D eigenvalue weighted by atomic mass is 16.5. The highest BCUT2D eigenvalue weighted by Crippen LogP contribution is 2.15. The predicted molar refractivity (Wildman–Crippen MR) is 63.9 cm³/mol. The monoisotopic (exact) mass is 219 g/mol. The zero-order valence-electron chi connectivity index (χ0n) is 9.53. The van der Waals surface area contributed by atoms with E-state index in [1.807, 2.05) is 31.2 Å². The van der Waals surface area contributed by atoms with Crippen LogP contribution in [0.15, 0.2) is 24.3 Å². The number of carbonyl (C=O) groups is 1. The maximum absolute atomic E-state index is 11.4. The summed E-state index contributed by atoms with van der Waals surface area (Å²) < 4.78 is 5.29. The molecular formula is C13H17NO2. The first-order valence-electron chi connectivity index (χ1n) is 5.77. The average molecular weight is 219 g/mol. The molecule has 1 heterocycles. The number of rotatable bonds is 4. The number of hydrogen-bond donors (Lipinski definition) is 1. The second kappa shape index (κ2) is 5.12. The van der Waals surface area contributed by atoms with Crippen molar-refractivity contribution in [3.63, 3.8) is 0 Å². The molecule has 1 unspecified atom stereocenters. The molecule has 1 aromatic carbocycles. The molecule has 1 N–H and O–H groups in total. The van der Waals surface area contributed by atoms with Gasteiger partial charge in [-0.05, 0) is 30.7 Å². The fourth-order valence-corrected chi connectivity index (χ4v) is 1.84. The first kappa shape index (κ1) is 11.1. The van der Waals surface area contributed by atoms with Crippen molar-refractivity contribution in [2.75, 3.05) is 18.5 Å². The number of benzene rings is 1. The molecule has 3 nitrogen and oxygen atoms in total. The smallest absolute Gasteiger partial charge is 0.162 e. The molecule has 0 saturated carbocycles. The number of Topliss-reactive ketones (excluding diaryl/α,β-unsaturated/α-hetero) is 1. The van der Waals surface area contributed by atoms with E-state index in [1.54, 1.807) is 0 Å². The second-order valence-corrected chi connectivity index (χ2v) is 4.06. The number of nitrogens with one attached hydrogen (secondary N) is 1. The lowest BCUT2D eigenvalue weighted by atomic mass is 10.1. The van der Waals surface area contributed by atoms with Crippen LogP contribution < -0.4 is 5.32 Å². The molecule has 1 saturated heterocycles. The van der Waals surface area contributed by atoms with Gasteiger partial charge in [-0.1, -0.05) is 6.92 Å². The van der Waals surface area contributed by atoms with Crippen molar-refractivity contribution in [2.45, 2.75) is 25.8 Å². The van der Waals surface area contributed by atoms with E-state index in [0.29, 0.717) is 12.5 Å². The van der Waals surface area contributed by atoms with Crippen LogP contribution in [0, 0.1) is 0 Å². The summed E-state index contributed by atoms with van der Waals surface area (Å²) in [7, 11) is 0. The average Bonchev–Trinajstić information content (AvgIpc) is 2.82. The van der Waals surface area contributed by atoms with Crippen molar-refractivity contribution in [1.29, 1.82) is 0 Å². The summed E-state index contributed by atoms with van der Waals surface area (Å²) in [6.07, 6.45) is 1.61. The van der Waals surface area contributed by atoms with Crippen LogP contribution in [0.1, 0.15) is 30.1 Å². The zero-order chi connectivity index (χ0) is 11.4. The summed E-state index contributed by atoms with van der Waals surface area (Å²) in [5.41, 5.74) is 1.85. The third-order valence-electron chi connectivity index (χ3n) is 2.83. The molecule has 1 aliphatic rings.